The van der Waals surface area contributed by atoms with Crippen LogP contribution in [0, 0.1) is 17.3 Å². The Morgan fingerprint density at radius 1 is 1.40 bits per heavy atom. The summed E-state index contributed by atoms with van der Waals surface area (Å²) >= 11 is 0. The van der Waals surface area contributed by atoms with Gasteiger partial charge in [0, 0.05) is 13.3 Å². The summed E-state index contributed by atoms with van der Waals surface area (Å²) in [4.78, 5) is 22.7. The number of ether oxygens (including phenoxy) is 1. The van der Waals surface area contributed by atoms with Gasteiger partial charge in [0.1, 0.15) is 6.61 Å². The molecule has 2 aliphatic carbocycles. The highest BCUT2D eigenvalue weighted by Gasteiger charge is 2.55. The SMILES string of the molecule is CC(=O)OC/C1=C/CCC(=O)C=C[C@H]2[C@@H](CC1)C2(C)C. The molecular weight excluding hydrogens is 252 g/mol. The van der Waals surface area contributed by atoms with Crippen molar-refractivity contribution in [1.82, 2.24) is 0 Å². The third kappa shape index (κ3) is 3.59. The van der Waals surface area contributed by atoms with E-state index >= 15 is 0 Å². The zero-order valence-corrected chi connectivity index (χ0v) is 12.6. The summed E-state index contributed by atoms with van der Waals surface area (Å²) in [5.41, 5.74) is 1.44. The minimum absolute atomic E-state index is 0.191. The van der Waals surface area contributed by atoms with Gasteiger partial charge in [-0.05, 0) is 48.2 Å². The molecule has 2 atom stereocenters. The van der Waals surface area contributed by atoms with Crippen molar-refractivity contribution in [3.63, 3.8) is 0 Å². The summed E-state index contributed by atoms with van der Waals surface area (Å²) in [6.45, 7) is 6.32. The van der Waals surface area contributed by atoms with Crippen molar-refractivity contribution in [2.45, 2.75) is 46.5 Å². The largest absolute Gasteiger partial charge is 0.461 e. The van der Waals surface area contributed by atoms with Gasteiger partial charge in [-0.25, -0.2) is 0 Å². The molecule has 0 bridgehead atoms. The number of allylic oxidation sites excluding steroid dienone is 3. The fraction of sp³-hybridized carbons (Fsp3) is 0.647. The molecule has 3 nitrogen and oxygen atoms in total. The van der Waals surface area contributed by atoms with Crippen LogP contribution < -0.4 is 0 Å². The van der Waals surface area contributed by atoms with Crippen LogP contribution in [0.1, 0.15) is 46.5 Å². The van der Waals surface area contributed by atoms with Crippen LogP contribution in [-0.2, 0) is 14.3 Å². The first-order chi connectivity index (χ1) is 9.41. The lowest BCUT2D eigenvalue weighted by Gasteiger charge is -2.09. The Morgan fingerprint density at radius 3 is 2.85 bits per heavy atom. The van der Waals surface area contributed by atoms with Crippen molar-refractivity contribution >= 4 is 11.8 Å². The van der Waals surface area contributed by atoms with Gasteiger partial charge < -0.3 is 4.74 Å². The number of carbonyl (C=O) groups excluding carboxylic acids is 2. The summed E-state index contributed by atoms with van der Waals surface area (Å²) < 4.78 is 5.10. The average molecular weight is 276 g/mol. The summed E-state index contributed by atoms with van der Waals surface area (Å²) in [7, 11) is 0. The number of esters is 1. The molecule has 20 heavy (non-hydrogen) atoms. The maximum absolute atomic E-state index is 11.8. The normalized spacial score (nSPS) is 31.6. The Balaban J connectivity index is 2.04. The molecule has 0 aliphatic heterocycles. The first kappa shape index (κ1) is 15.0. The monoisotopic (exact) mass is 276 g/mol. The van der Waals surface area contributed by atoms with Crippen LogP contribution >= 0.6 is 0 Å². The van der Waals surface area contributed by atoms with Gasteiger partial charge in [-0.1, -0.05) is 26.0 Å². The molecule has 1 fully saturated rings. The molecule has 0 radical (unpaired) electrons. The Hall–Kier alpha value is -1.38. The molecule has 2 rings (SSSR count). The van der Waals surface area contributed by atoms with Crippen molar-refractivity contribution in [3.8, 4) is 0 Å². The minimum Gasteiger partial charge on any atom is -0.461 e. The van der Waals surface area contributed by atoms with E-state index in [-0.39, 0.29) is 11.8 Å². The van der Waals surface area contributed by atoms with Crippen LogP contribution in [0.25, 0.3) is 0 Å². The van der Waals surface area contributed by atoms with E-state index in [4.69, 9.17) is 4.74 Å². The van der Waals surface area contributed by atoms with Crippen LogP contribution in [0.2, 0.25) is 0 Å². The predicted molar refractivity (Wildman–Crippen MR) is 78.1 cm³/mol. The Morgan fingerprint density at radius 2 is 2.15 bits per heavy atom. The molecule has 0 spiro atoms. The molecule has 0 aromatic rings. The quantitative estimate of drug-likeness (QED) is 0.573. The van der Waals surface area contributed by atoms with E-state index in [0.717, 1.165) is 24.8 Å². The second-order valence-corrected chi connectivity index (χ2v) is 6.50. The third-order valence-electron chi connectivity index (χ3n) is 4.69. The predicted octanol–water partition coefficient (Wildman–Crippen LogP) is 3.45. The number of hydrogen-bond acceptors (Lipinski definition) is 3. The van der Waals surface area contributed by atoms with Crippen LogP contribution in [-0.4, -0.2) is 18.4 Å². The van der Waals surface area contributed by atoms with Gasteiger partial charge in [-0.15, -0.1) is 0 Å². The van der Waals surface area contributed by atoms with Crippen molar-refractivity contribution < 1.29 is 14.3 Å². The second kappa shape index (κ2) is 5.94. The summed E-state index contributed by atoms with van der Waals surface area (Å²) in [5.74, 6) is 1.09. The topological polar surface area (TPSA) is 43.4 Å². The van der Waals surface area contributed by atoms with Gasteiger partial charge in [0.25, 0.3) is 0 Å². The van der Waals surface area contributed by atoms with E-state index < -0.39 is 0 Å². The van der Waals surface area contributed by atoms with E-state index in [1.165, 1.54) is 6.92 Å². The second-order valence-electron chi connectivity index (χ2n) is 6.50. The fourth-order valence-corrected chi connectivity index (χ4v) is 3.20. The molecule has 0 N–H and O–H groups in total. The van der Waals surface area contributed by atoms with Gasteiger partial charge in [0.05, 0.1) is 0 Å². The lowest BCUT2D eigenvalue weighted by molar-refractivity contribution is -0.140. The average Bonchev–Trinajstić information content (AvgIpc) is 2.90. The molecule has 0 aromatic heterocycles. The van der Waals surface area contributed by atoms with E-state index in [1.54, 1.807) is 6.08 Å². The first-order valence-corrected chi connectivity index (χ1v) is 7.43. The van der Waals surface area contributed by atoms with E-state index in [2.05, 4.69) is 26.0 Å². The van der Waals surface area contributed by atoms with Crippen LogP contribution in [0.4, 0.5) is 0 Å². The van der Waals surface area contributed by atoms with Crippen molar-refractivity contribution in [1.29, 1.82) is 0 Å². The molecule has 0 amide bonds. The Labute approximate surface area is 121 Å². The molecule has 3 heteroatoms. The van der Waals surface area contributed by atoms with E-state index in [0.29, 0.717) is 30.3 Å². The summed E-state index contributed by atoms with van der Waals surface area (Å²) in [5, 5.41) is 0. The molecule has 0 aromatic carbocycles. The van der Waals surface area contributed by atoms with Crippen LogP contribution in [0.3, 0.4) is 0 Å². The number of fused-ring (bicyclic) bond motifs is 1. The third-order valence-corrected chi connectivity index (χ3v) is 4.69. The highest BCUT2D eigenvalue weighted by molar-refractivity contribution is 5.89. The highest BCUT2D eigenvalue weighted by Crippen LogP contribution is 2.61. The number of carbonyl (C=O) groups is 2. The Bertz CT molecular complexity index is 457. The van der Waals surface area contributed by atoms with E-state index in [1.807, 2.05) is 0 Å². The van der Waals surface area contributed by atoms with Crippen LogP contribution in [0.5, 0.6) is 0 Å². The molecule has 0 heterocycles. The number of hydrogen-bond donors (Lipinski definition) is 0. The van der Waals surface area contributed by atoms with Gasteiger partial charge >= 0.3 is 5.97 Å². The Kier molecular flexibility index (Phi) is 4.46. The van der Waals surface area contributed by atoms with E-state index in [9.17, 15) is 9.59 Å². The maximum atomic E-state index is 11.8. The van der Waals surface area contributed by atoms with Gasteiger partial charge in [-0.3, -0.25) is 9.59 Å². The smallest absolute Gasteiger partial charge is 0.302 e. The van der Waals surface area contributed by atoms with Gasteiger partial charge in [0.2, 0.25) is 0 Å². The van der Waals surface area contributed by atoms with Gasteiger partial charge in [0.15, 0.2) is 5.78 Å². The van der Waals surface area contributed by atoms with Gasteiger partial charge in [-0.2, -0.15) is 0 Å². The zero-order chi connectivity index (χ0) is 14.8. The molecular formula is C17H24O3. The molecule has 0 saturated heterocycles. The zero-order valence-electron chi connectivity index (χ0n) is 12.6. The maximum Gasteiger partial charge on any atom is 0.302 e. The van der Waals surface area contributed by atoms with Crippen molar-refractivity contribution in [3.05, 3.63) is 23.8 Å². The number of ketones is 1. The van der Waals surface area contributed by atoms with Crippen LogP contribution in [0.15, 0.2) is 23.8 Å². The highest BCUT2D eigenvalue weighted by atomic mass is 16.5. The summed E-state index contributed by atoms with van der Waals surface area (Å²) in [6, 6.07) is 0. The lowest BCUT2D eigenvalue weighted by Crippen LogP contribution is -2.04. The molecule has 110 valence electrons. The molecule has 2 aliphatic rings. The lowest BCUT2D eigenvalue weighted by atomic mass is 10.0. The molecule has 1 saturated carbocycles. The van der Waals surface area contributed by atoms with Crippen molar-refractivity contribution in [2.75, 3.05) is 6.61 Å². The van der Waals surface area contributed by atoms with Crippen molar-refractivity contribution in [2.24, 2.45) is 17.3 Å². The fourth-order valence-electron chi connectivity index (χ4n) is 3.20. The first-order valence-electron chi connectivity index (χ1n) is 7.43. The minimum atomic E-state index is -0.248. The molecule has 0 unspecified atom stereocenters. The number of rotatable bonds is 2. The standard InChI is InChI=1S/C17H24O3/c1-12(18)20-11-13-5-4-6-14(19)8-10-16-15(9-7-13)17(16,2)3/h5,8,10,15-16H,4,6-7,9,11H2,1-3H3/b10-8?,13-5+/t15-,16+/m1/s1. The summed E-state index contributed by atoms with van der Waals surface area (Å²) in [6.07, 6.45) is 9.27.